The van der Waals surface area contributed by atoms with E-state index in [9.17, 15) is 19.7 Å². The summed E-state index contributed by atoms with van der Waals surface area (Å²) in [6.07, 6.45) is 0. The van der Waals surface area contributed by atoms with Crippen LogP contribution in [0.25, 0.3) is 0 Å². The molecule has 8 heteroatoms. The molecule has 0 radical (unpaired) electrons. The van der Waals surface area contributed by atoms with E-state index in [0.717, 1.165) is 5.56 Å². The molecule has 0 aliphatic carbocycles. The van der Waals surface area contributed by atoms with E-state index < -0.39 is 17.0 Å². The first kappa shape index (κ1) is 16.4. The summed E-state index contributed by atoms with van der Waals surface area (Å²) < 4.78 is 0. The molecule has 128 valence electrons. The summed E-state index contributed by atoms with van der Waals surface area (Å²) in [5.74, 6) is -0.240. The molecule has 1 aliphatic rings. The molecule has 0 aromatic heterocycles. The predicted octanol–water partition coefficient (Wildman–Crippen LogP) is 2.30. The van der Waals surface area contributed by atoms with Gasteiger partial charge in [-0.3, -0.25) is 14.9 Å². The highest BCUT2D eigenvalue weighted by Gasteiger charge is 2.34. The van der Waals surface area contributed by atoms with Gasteiger partial charge in [-0.25, -0.2) is 4.79 Å². The fraction of sp³-hybridized carbons (Fsp3) is 0.176. The number of urea groups is 1. The van der Waals surface area contributed by atoms with Gasteiger partial charge in [-0.05, 0) is 17.7 Å². The highest BCUT2D eigenvalue weighted by atomic mass is 16.6. The number of nitrogens with one attached hydrogen (secondary N) is 2. The highest BCUT2D eigenvalue weighted by molar-refractivity contribution is 5.95. The molecule has 0 bridgehead atoms. The van der Waals surface area contributed by atoms with Crippen LogP contribution in [-0.2, 0) is 4.79 Å². The smallest absolute Gasteiger partial charge is 0.322 e. The van der Waals surface area contributed by atoms with Crippen molar-refractivity contribution >= 4 is 23.3 Å². The maximum absolute atomic E-state index is 12.6. The van der Waals surface area contributed by atoms with Gasteiger partial charge in [-0.1, -0.05) is 30.3 Å². The Balaban J connectivity index is 1.79. The van der Waals surface area contributed by atoms with Crippen LogP contribution in [0.3, 0.4) is 0 Å². The predicted molar refractivity (Wildman–Crippen MR) is 91.0 cm³/mol. The Hall–Kier alpha value is -3.42. The lowest BCUT2D eigenvalue weighted by molar-refractivity contribution is -0.384. The third-order valence-electron chi connectivity index (χ3n) is 3.92. The average molecular weight is 340 g/mol. The molecule has 2 aromatic rings. The van der Waals surface area contributed by atoms with Crippen LogP contribution in [0.5, 0.6) is 0 Å². The fourth-order valence-electron chi connectivity index (χ4n) is 2.71. The van der Waals surface area contributed by atoms with Crippen LogP contribution in [0.2, 0.25) is 0 Å². The van der Waals surface area contributed by atoms with Crippen LogP contribution in [0.1, 0.15) is 11.6 Å². The first-order valence-corrected chi connectivity index (χ1v) is 7.71. The van der Waals surface area contributed by atoms with Crippen LogP contribution >= 0.6 is 0 Å². The molecule has 1 atom stereocenters. The molecule has 1 saturated heterocycles. The number of carbonyl (C=O) groups is 2. The first-order chi connectivity index (χ1) is 12.1. The number of nitro groups is 1. The Morgan fingerprint density at radius 1 is 1.16 bits per heavy atom. The average Bonchev–Trinajstić information content (AvgIpc) is 2.62. The van der Waals surface area contributed by atoms with Gasteiger partial charge in [-0.2, -0.15) is 0 Å². The monoisotopic (exact) mass is 340 g/mol. The lowest BCUT2D eigenvalue weighted by atomic mass is 10.0. The van der Waals surface area contributed by atoms with Crippen molar-refractivity contribution in [2.45, 2.75) is 6.04 Å². The zero-order chi connectivity index (χ0) is 17.8. The van der Waals surface area contributed by atoms with Gasteiger partial charge in [-0.15, -0.1) is 0 Å². The SMILES string of the molecule is O=C1NCCN(C(=O)Nc2ccc([N+](=O)[O-])cc2)[C@H]1c1ccccc1. The van der Waals surface area contributed by atoms with Crippen molar-refractivity contribution in [3.05, 3.63) is 70.3 Å². The molecular formula is C17H16N4O4. The number of nitro benzene ring substituents is 1. The fourth-order valence-corrected chi connectivity index (χ4v) is 2.71. The third kappa shape index (κ3) is 3.57. The molecule has 2 aromatic carbocycles. The molecule has 25 heavy (non-hydrogen) atoms. The van der Waals surface area contributed by atoms with Gasteiger partial charge in [0.1, 0.15) is 6.04 Å². The quantitative estimate of drug-likeness (QED) is 0.660. The van der Waals surface area contributed by atoms with E-state index in [0.29, 0.717) is 18.8 Å². The zero-order valence-corrected chi connectivity index (χ0v) is 13.2. The van der Waals surface area contributed by atoms with E-state index in [2.05, 4.69) is 10.6 Å². The van der Waals surface area contributed by atoms with Gasteiger partial charge in [0, 0.05) is 30.9 Å². The van der Waals surface area contributed by atoms with Crippen molar-refractivity contribution in [2.75, 3.05) is 18.4 Å². The Bertz CT molecular complexity index is 792. The summed E-state index contributed by atoms with van der Waals surface area (Å²) in [5.41, 5.74) is 1.09. The molecule has 2 N–H and O–H groups in total. The number of non-ortho nitro benzene ring substituents is 1. The first-order valence-electron chi connectivity index (χ1n) is 7.71. The lowest BCUT2D eigenvalue weighted by Gasteiger charge is -2.35. The molecule has 8 nitrogen and oxygen atoms in total. The van der Waals surface area contributed by atoms with E-state index in [1.807, 2.05) is 18.2 Å². The number of rotatable bonds is 3. The van der Waals surface area contributed by atoms with E-state index >= 15 is 0 Å². The second-order valence-corrected chi connectivity index (χ2v) is 5.53. The lowest BCUT2D eigenvalue weighted by Crippen LogP contribution is -2.53. The molecule has 0 saturated carbocycles. The van der Waals surface area contributed by atoms with Crippen LogP contribution in [0, 0.1) is 10.1 Å². The Labute approximate surface area is 143 Å². The summed E-state index contributed by atoms with van der Waals surface area (Å²) in [4.78, 5) is 36.5. The van der Waals surface area contributed by atoms with Crippen LogP contribution in [-0.4, -0.2) is 34.9 Å². The van der Waals surface area contributed by atoms with E-state index in [-0.39, 0.29) is 11.6 Å². The summed E-state index contributed by atoms with van der Waals surface area (Å²) >= 11 is 0. The number of amides is 3. The topological polar surface area (TPSA) is 105 Å². The van der Waals surface area contributed by atoms with Gasteiger partial charge in [0.2, 0.25) is 5.91 Å². The Morgan fingerprint density at radius 3 is 2.48 bits per heavy atom. The van der Waals surface area contributed by atoms with Gasteiger partial charge < -0.3 is 15.5 Å². The second kappa shape index (κ2) is 7.00. The van der Waals surface area contributed by atoms with Gasteiger partial charge in [0.05, 0.1) is 4.92 Å². The van der Waals surface area contributed by atoms with Gasteiger partial charge in [0.25, 0.3) is 5.69 Å². The Kier molecular flexibility index (Phi) is 4.60. The molecule has 0 spiro atoms. The number of benzene rings is 2. The highest BCUT2D eigenvalue weighted by Crippen LogP contribution is 2.24. The molecule has 1 fully saturated rings. The minimum absolute atomic E-state index is 0.0579. The number of nitrogens with zero attached hydrogens (tertiary/aromatic N) is 2. The van der Waals surface area contributed by atoms with Crippen molar-refractivity contribution in [1.29, 1.82) is 0 Å². The number of anilines is 1. The van der Waals surface area contributed by atoms with Crippen molar-refractivity contribution < 1.29 is 14.5 Å². The van der Waals surface area contributed by atoms with E-state index in [1.54, 1.807) is 12.1 Å². The van der Waals surface area contributed by atoms with Gasteiger partial charge in [0.15, 0.2) is 0 Å². The van der Waals surface area contributed by atoms with Crippen molar-refractivity contribution in [1.82, 2.24) is 10.2 Å². The van der Waals surface area contributed by atoms with Crippen LogP contribution in [0.15, 0.2) is 54.6 Å². The van der Waals surface area contributed by atoms with Gasteiger partial charge >= 0.3 is 6.03 Å². The molecule has 3 amide bonds. The molecule has 1 heterocycles. The van der Waals surface area contributed by atoms with Crippen molar-refractivity contribution in [3.8, 4) is 0 Å². The zero-order valence-electron chi connectivity index (χ0n) is 13.2. The summed E-state index contributed by atoms with van der Waals surface area (Å²) in [6, 6.07) is 13.4. The van der Waals surface area contributed by atoms with Crippen molar-refractivity contribution in [3.63, 3.8) is 0 Å². The molecule has 1 aliphatic heterocycles. The number of piperazine rings is 1. The maximum Gasteiger partial charge on any atom is 0.322 e. The molecular weight excluding hydrogens is 324 g/mol. The third-order valence-corrected chi connectivity index (χ3v) is 3.92. The molecule has 3 rings (SSSR count). The minimum atomic E-state index is -0.715. The normalized spacial score (nSPS) is 16.9. The summed E-state index contributed by atoms with van der Waals surface area (Å²) in [6.45, 7) is 0.736. The number of carbonyl (C=O) groups excluding carboxylic acids is 2. The standard InChI is InChI=1S/C17H16N4O4/c22-16-15(12-4-2-1-3-5-12)20(11-10-18-16)17(23)19-13-6-8-14(9-7-13)21(24)25/h1-9,15H,10-11H2,(H,18,22)(H,19,23)/t15-/m0/s1. The largest absolute Gasteiger partial charge is 0.352 e. The van der Waals surface area contributed by atoms with E-state index in [4.69, 9.17) is 0 Å². The number of hydrogen-bond acceptors (Lipinski definition) is 4. The second-order valence-electron chi connectivity index (χ2n) is 5.53. The maximum atomic E-state index is 12.6. The summed E-state index contributed by atoms with van der Waals surface area (Å²) in [5, 5.41) is 16.1. The molecule has 0 unspecified atom stereocenters. The number of hydrogen-bond donors (Lipinski definition) is 2. The van der Waals surface area contributed by atoms with E-state index in [1.165, 1.54) is 29.2 Å². The minimum Gasteiger partial charge on any atom is -0.352 e. The van der Waals surface area contributed by atoms with Crippen LogP contribution < -0.4 is 10.6 Å². The van der Waals surface area contributed by atoms with Crippen LogP contribution in [0.4, 0.5) is 16.2 Å². The van der Waals surface area contributed by atoms with Crippen molar-refractivity contribution in [2.24, 2.45) is 0 Å². The summed E-state index contributed by atoms with van der Waals surface area (Å²) in [7, 11) is 0. The Morgan fingerprint density at radius 2 is 1.84 bits per heavy atom.